The molecule has 0 radical (unpaired) electrons. The number of carbonyl (C=O) groups is 1. The standard InChI is InChI=1S/C25H35NO3/c1-14(2)19-12-21(16(5)10-23(19)28-8)18(7)26-25(27)22-13-20(15(3)4)24(29-9)11-17(22)6/h10-15,18H,1-9H3,(H,26,27). The Morgan fingerprint density at radius 2 is 1.24 bits per heavy atom. The summed E-state index contributed by atoms with van der Waals surface area (Å²) in [6.07, 6.45) is 0. The number of amides is 1. The van der Waals surface area contributed by atoms with Crippen LogP contribution in [-0.2, 0) is 0 Å². The van der Waals surface area contributed by atoms with Gasteiger partial charge in [0.2, 0.25) is 0 Å². The minimum atomic E-state index is -0.116. The highest BCUT2D eigenvalue weighted by atomic mass is 16.5. The summed E-state index contributed by atoms with van der Waals surface area (Å²) < 4.78 is 11.0. The lowest BCUT2D eigenvalue weighted by Gasteiger charge is -2.22. The maximum atomic E-state index is 13.1. The number of carbonyl (C=O) groups excluding carboxylic acids is 1. The van der Waals surface area contributed by atoms with Crippen LogP contribution >= 0.6 is 0 Å². The summed E-state index contributed by atoms with van der Waals surface area (Å²) in [5.74, 6) is 2.26. The Hall–Kier alpha value is -2.49. The van der Waals surface area contributed by atoms with E-state index in [4.69, 9.17) is 9.47 Å². The van der Waals surface area contributed by atoms with Crippen molar-refractivity contribution < 1.29 is 14.3 Å². The number of rotatable bonds is 7. The van der Waals surface area contributed by atoms with E-state index in [0.717, 1.165) is 39.3 Å². The highest BCUT2D eigenvalue weighted by Crippen LogP contribution is 2.33. The lowest BCUT2D eigenvalue weighted by Crippen LogP contribution is -2.28. The van der Waals surface area contributed by atoms with E-state index < -0.39 is 0 Å². The topological polar surface area (TPSA) is 47.6 Å². The zero-order chi connectivity index (χ0) is 21.9. The Morgan fingerprint density at radius 3 is 1.72 bits per heavy atom. The summed E-state index contributed by atoms with van der Waals surface area (Å²) in [5.41, 5.74) is 6.00. The zero-order valence-electron chi connectivity index (χ0n) is 19.3. The average Bonchev–Trinajstić information content (AvgIpc) is 2.66. The minimum absolute atomic E-state index is 0.0686. The van der Waals surface area contributed by atoms with Crippen molar-refractivity contribution >= 4 is 5.91 Å². The third-order valence-corrected chi connectivity index (χ3v) is 5.50. The van der Waals surface area contributed by atoms with Crippen molar-refractivity contribution in [1.29, 1.82) is 0 Å². The van der Waals surface area contributed by atoms with Crippen LogP contribution in [0.15, 0.2) is 24.3 Å². The number of nitrogens with one attached hydrogen (secondary N) is 1. The van der Waals surface area contributed by atoms with E-state index in [2.05, 4.69) is 52.1 Å². The third-order valence-electron chi connectivity index (χ3n) is 5.50. The summed E-state index contributed by atoms with van der Waals surface area (Å²) in [4.78, 5) is 13.1. The van der Waals surface area contributed by atoms with Crippen LogP contribution in [0.1, 0.15) is 90.7 Å². The van der Waals surface area contributed by atoms with Crippen LogP contribution in [0.3, 0.4) is 0 Å². The van der Waals surface area contributed by atoms with Gasteiger partial charge in [-0.3, -0.25) is 4.79 Å². The molecule has 29 heavy (non-hydrogen) atoms. The molecular weight excluding hydrogens is 362 g/mol. The van der Waals surface area contributed by atoms with Crippen LogP contribution in [0, 0.1) is 13.8 Å². The molecule has 2 rings (SSSR count). The first-order chi connectivity index (χ1) is 13.6. The second-order valence-electron chi connectivity index (χ2n) is 8.36. The van der Waals surface area contributed by atoms with Crippen molar-refractivity contribution in [2.24, 2.45) is 0 Å². The first-order valence-electron chi connectivity index (χ1n) is 10.3. The molecule has 0 aliphatic heterocycles. The van der Waals surface area contributed by atoms with E-state index in [1.165, 1.54) is 0 Å². The van der Waals surface area contributed by atoms with Crippen molar-refractivity contribution in [2.75, 3.05) is 14.2 Å². The van der Waals surface area contributed by atoms with Gasteiger partial charge >= 0.3 is 0 Å². The highest BCUT2D eigenvalue weighted by Gasteiger charge is 2.20. The Balaban J connectivity index is 2.37. The van der Waals surface area contributed by atoms with Gasteiger partial charge in [0.15, 0.2) is 0 Å². The van der Waals surface area contributed by atoms with E-state index in [9.17, 15) is 4.79 Å². The summed E-state index contributed by atoms with van der Waals surface area (Å²) in [5, 5.41) is 3.18. The second-order valence-corrected chi connectivity index (χ2v) is 8.36. The molecule has 0 saturated heterocycles. The van der Waals surface area contributed by atoms with Crippen molar-refractivity contribution in [2.45, 2.75) is 66.3 Å². The molecular formula is C25H35NO3. The molecule has 0 heterocycles. The van der Waals surface area contributed by atoms with Gasteiger partial charge in [0.1, 0.15) is 11.5 Å². The molecule has 0 spiro atoms. The lowest BCUT2D eigenvalue weighted by molar-refractivity contribution is 0.0939. The molecule has 0 saturated carbocycles. The molecule has 0 aliphatic rings. The largest absolute Gasteiger partial charge is 0.496 e. The maximum Gasteiger partial charge on any atom is 0.252 e. The average molecular weight is 398 g/mol. The molecule has 4 heteroatoms. The third kappa shape index (κ3) is 4.92. The van der Waals surface area contributed by atoms with Crippen LogP contribution in [0.25, 0.3) is 0 Å². The highest BCUT2D eigenvalue weighted by molar-refractivity contribution is 5.96. The molecule has 0 aromatic heterocycles. The summed E-state index contributed by atoms with van der Waals surface area (Å²) in [7, 11) is 3.37. The van der Waals surface area contributed by atoms with Gasteiger partial charge in [-0.05, 0) is 84.7 Å². The van der Waals surface area contributed by atoms with Crippen molar-refractivity contribution in [3.63, 3.8) is 0 Å². The lowest BCUT2D eigenvalue weighted by atomic mass is 9.93. The molecule has 0 fully saturated rings. The smallest absolute Gasteiger partial charge is 0.252 e. The van der Waals surface area contributed by atoms with Gasteiger partial charge in [-0.1, -0.05) is 27.7 Å². The minimum Gasteiger partial charge on any atom is -0.496 e. The molecule has 0 aliphatic carbocycles. The van der Waals surface area contributed by atoms with Gasteiger partial charge < -0.3 is 14.8 Å². The number of hydrogen-bond acceptors (Lipinski definition) is 3. The van der Waals surface area contributed by atoms with Crippen LogP contribution < -0.4 is 14.8 Å². The van der Waals surface area contributed by atoms with Gasteiger partial charge in [-0.15, -0.1) is 0 Å². The van der Waals surface area contributed by atoms with Crippen molar-refractivity contribution in [3.8, 4) is 11.5 Å². The van der Waals surface area contributed by atoms with E-state index >= 15 is 0 Å². The Labute approximate surface area is 175 Å². The Kier molecular flexibility index (Phi) is 7.34. The summed E-state index contributed by atoms with van der Waals surface area (Å²) >= 11 is 0. The number of methoxy groups -OCH3 is 2. The monoisotopic (exact) mass is 397 g/mol. The number of hydrogen-bond donors (Lipinski definition) is 1. The van der Waals surface area contributed by atoms with Crippen LogP contribution in [0.2, 0.25) is 0 Å². The Morgan fingerprint density at radius 1 is 0.759 bits per heavy atom. The molecule has 4 nitrogen and oxygen atoms in total. The molecule has 158 valence electrons. The molecule has 2 aromatic rings. The molecule has 2 aromatic carbocycles. The van der Waals surface area contributed by atoms with Gasteiger partial charge in [0.25, 0.3) is 5.91 Å². The van der Waals surface area contributed by atoms with E-state index in [-0.39, 0.29) is 17.9 Å². The van der Waals surface area contributed by atoms with Crippen LogP contribution in [-0.4, -0.2) is 20.1 Å². The predicted octanol–water partition coefficient (Wildman–Crippen LogP) is 6.06. The molecule has 1 N–H and O–H groups in total. The van der Waals surface area contributed by atoms with Crippen LogP contribution in [0.4, 0.5) is 0 Å². The predicted molar refractivity (Wildman–Crippen MR) is 120 cm³/mol. The quantitative estimate of drug-likeness (QED) is 0.618. The Bertz CT molecular complexity index is 884. The number of aryl methyl sites for hydroxylation is 2. The molecule has 1 amide bonds. The van der Waals surface area contributed by atoms with Gasteiger partial charge in [0, 0.05) is 5.56 Å². The van der Waals surface area contributed by atoms with Gasteiger partial charge in [-0.2, -0.15) is 0 Å². The first-order valence-corrected chi connectivity index (χ1v) is 10.3. The molecule has 1 unspecified atom stereocenters. The molecule has 1 atom stereocenters. The number of ether oxygens (including phenoxy) is 2. The second kappa shape index (κ2) is 9.34. The van der Waals surface area contributed by atoms with Crippen molar-refractivity contribution in [3.05, 3.63) is 57.6 Å². The summed E-state index contributed by atoms with van der Waals surface area (Å²) in [6, 6.07) is 8.01. The summed E-state index contributed by atoms with van der Waals surface area (Å²) in [6.45, 7) is 14.5. The van der Waals surface area contributed by atoms with E-state index in [1.54, 1.807) is 14.2 Å². The van der Waals surface area contributed by atoms with Gasteiger partial charge in [-0.25, -0.2) is 0 Å². The fourth-order valence-electron chi connectivity index (χ4n) is 3.73. The van der Waals surface area contributed by atoms with Gasteiger partial charge in [0.05, 0.1) is 20.3 Å². The number of benzene rings is 2. The van der Waals surface area contributed by atoms with E-state index in [0.29, 0.717) is 11.5 Å². The van der Waals surface area contributed by atoms with Crippen molar-refractivity contribution in [1.82, 2.24) is 5.32 Å². The van der Waals surface area contributed by atoms with E-state index in [1.807, 2.05) is 26.0 Å². The maximum absolute atomic E-state index is 13.1. The normalized spacial score (nSPS) is 12.2. The molecule has 0 bridgehead atoms. The fourth-order valence-corrected chi connectivity index (χ4v) is 3.73. The fraction of sp³-hybridized carbons (Fsp3) is 0.480. The van der Waals surface area contributed by atoms with Crippen LogP contribution in [0.5, 0.6) is 11.5 Å². The zero-order valence-corrected chi connectivity index (χ0v) is 19.3. The first kappa shape index (κ1) is 22.8. The SMILES string of the molecule is COc1cc(C)c(C(=O)NC(C)c2cc(C(C)C)c(OC)cc2C)cc1C(C)C.